The minimum Gasteiger partial charge on any atom is -0.328 e. The first-order valence-corrected chi connectivity index (χ1v) is 5.13. The van der Waals surface area contributed by atoms with Gasteiger partial charge in [0.05, 0.1) is 16.8 Å². The smallest absolute Gasteiger partial charge is 0.297 e. The van der Waals surface area contributed by atoms with Crippen LogP contribution >= 0.6 is 0 Å². The maximum atomic E-state index is 10.9. The molecule has 0 saturated heterocycles. The van der Waals surface area contributed by atoms with Crippen LogP contribution in [0.15, 0.2) is 18.5 Å². The number of rotatable bonds is 2. The van der Waals surface area contributed by atoms with E-state index in [9.17, 15) is 10.1 Å². The summed E-state index contributed by atoms with van der Waals surface area (Å²) in [4.78, 5) is 14.6. The minimum atomic E-state index is -0.389. The SMILES string of the molecule is Cc1ccc([N+](=O)[O-])c2ncn(C(C)C)c12. The van der Waals surface area contributed by atoms with Crippen LogP contribution in [0, 0.1) is 17.0 Å². The lowest BCUT2D eigenvalue weighted by molar-refractivity contribution is -0.383. The number of hydrogen-bond acceptors (Lipinski definition) is 3. The topological polar surface area (TPSA) is 61.0 Å². The highest BCUT2D eigenvalue weighted by Crippen LogP contribution is 2.28. The number of non-ortho nitro benzene ring substituents is 1. The molecule has 0 spiro atoms. The molecule has 0 aliphatic carbocycles. The number of fused-ring (bicyclic) bond motifs is 1. The Kier molecular flexibility index (Phi) is 2.38. The van der Waals surface area contributed by atoms with Crippen LogP contribution in [-0.4, -0.2) is 14.5 Å². The van der Waals surface area contributed by atoms with Crippen LogP contribution < -0.4 is 0 Å². The second-order valence-corrected chi connectivity index (χ2v) is 4.10. The molecule has 5 heteroatoms. The zero-order valence-electron chi connectivity index (χ0n) is 9.47. The lowest BCUT2D eigenvalue weighted by Gasteiger charge is -2.09. The second kappa shape index (κ2) is 3.59. The summed E-state index contributed by atoms with van der Waals surface area (Å²) >= 11 is 0. The molecule has 0 radical (unpaired) electrons. The van der Waals surface area contributed by atoms with E-state index >= 15 is 0 Å². The van der Waals surface area contributed by atoms with Gasteiger partial charge in [0.15, 0.2) is 5.52 Å². The van der Waals surface area contributed by atoms with E-state index in [0.717, 1.165) is 11.1 Å². The fraction of sp³-hybridized carbons (Fsp3) is 0.364. The standard InChI is InChI=1S/C11H13N3O2/c1-7(2)13-6-12-10-9(14(15)16)5-4-8(3)11(10)13/h4-7H,1-3H3. The number of imidazole rings is 1. The van der Waals surface area contributed by atoms with Gasteiger partial charge in [-0.1, -0.05) is 6.07 Å². The Morgan fingerprint density at radius 3 is 2.69 bits per heavy atom. The van der Waals surface area contributed by atoms with E-state index in [4.69, 9.17) is 0 Å². The van der Waals surface area contributed by atoms with Crippen molar-refractivity contribution in [3.63, 3.8) is 0 Å². The summed E-state index contributed by atoms with van der Waals surface area (Å²) in [5, 5.41) is 10.9. The molecule has 0 bridgehead atoms. The average Bonchev–Trinajstić information content (AvgIpc) is 2.62. The van der Waals surface area contributed by atoms with E-state index < -0.39 is 0 Å². The first-order chi connectivity index (χ1) is 7.52. The summed E-state index contributed by atoms with van der Waals surface area (Å²) in [6.45, 7) is 5.99. The largest absolute Gasteiger partial charge is 0.328 e. The van der Waals surface area contributed by atoms with Crippen molar-refractivity contribution in [2.75, 3.05) is 0 Å². The van der Waals surface area contributed by atoms with Gasteiger partial charge in [-0.15, -0.1) is 0 Å². The van der Waals surface area contributed by atoms with Crippen molar-refractivity contribution in [1.82, 2.24) is 9.55 Å². The number of hydrogen-bond donors (Lipinski definition) is 0. The molecule has 5 nitrogen and oxygen atoms in total. The Hall–Kier alpha value is -1.91. The van der Waals surface area contributed by atoms with E-state index in [0.29, 0.717) is 5.52 Å². The molecule has 16 heavy (non-hydrogen) atoms. The summed E-state index contributed by atoms with van der Waals surface area (Å²) in [6.07, 6.45) is 1.66. The van der Waals surface area contributed by atoms with E-state index in [1.807, 2.05) is 25.3 Å². The highest BCUT2D eigenvalue weighted by atomic mass is 16.6. The van der Waals surface area contributed by atoms with Gasteiger partial charge in [0.1, 0.15) is 0 Å². The van der Waals surface area contributed by atoms with Gasteiger partial charge in [-0.25, -0.2) is 4.98 Å². The van der Waals surface area contributed by atoms with Crippen molar-refractivity contribution in [2.24, 2.45) is 0 Å². The predicted octanol–water partition coefficient (Wildman–Crippen LogP) is 2.83. The predicted molar refractivity (Wildman–Crippen MR) is 61.5 cm³/mol. The molecule has 0 unspecified atom stereocenters. The highest BCUT2D eigenvalue weighted by Gasteiger charge is 2.18. The summed E-state index contributed by atoms with van der Waals surface area (Å²) < 4.78 is 1.96. The maximum absolute atomic E-state index is 10.9. The van der Waals surface area contributed by atoms with Gasteiger partial charge in [0.2, 0.25) is 0 Å². The first kappa shape index (κ1) is 10.6. The zero-order chi connectivity index (χ0) is 11.9. The van der Waals surface area contributed by atoms with Crippen molar-refractivity contribution in [3.8, 4) is 0 Å². The van der Waals surface area contributed by atoms with E-state index in [1.54, 1.807) is 12.4 Å². The van der Waals surface area contributed by atoms with E-state index in [-0.39, 0.29) is 16.7 Å². The van der Waals surface area contributed by atoms with E-state index in [2.05, 4.69) is 4.98 Å². The molecule has 0 amide bonds. The molecule has 2 aromatic rings. The van der Waals surface area contributed by atoms with Gasteiger partial charge in [0.25, 0.3) is 5.69 Å². The Bertz CT molecular complexity index is 558. The Labute approximate surface area is 92.9 Å². The zero-order valence-corrected chi connectivity index (χ0v) is 9.47. The highest BCUT2D eigenvalue weighted by molar-refractivity contribution is 5.87. The number of benzene rings is 1. The third-order valence-electron chi connectivity index (χ3n) is 2.65. The van der Waals surface area contributed by atoms with Gasteiger partial charge in [0, 0.05) is 12.1 Å². The van der Waals surface area contributed by atoms with Gasteiger partial charge in [-0.2, -0.15) is 0 Å². The number of nitrogens with zero attached hydrogens (tertiary/aromatic N) is 3. The quantitative estimate of drug-likeness (QED) is 0.576. The Balaban J connectivity index is 2.83. The monoisotopic (exact) mass is 219 g/mol. The van der Waals surface area contributed by atoms with Crippen LogP contribution in [0.1, 0.15) is 25.5 Å². The third-order valence-corrected chi connectivity index (χ3v) is 2.65. The number of nitro benzene ring substituents is 1. The summed E-state index contributed by atoms with van der Waals surface area (Å²) in [5.74, 6) is 0. The number of nitro groups is 1. The van der Waals surface area contributed by atoms with Crippen LogP contribution in [0.4, 0.5) is 5.69 Å². The van der Waals surface area contributed by atoms with Crippen LogP contribution in [0.5, 0.6) is 0 Å². The molecule has 2 rings (SSSR count). The lowest BCUT2D eigenvalue weighted by atomic mass is 10.1. The molecule has 1 aromatic carbocycles. The molecule has 0 N–H and O–H groups in total. The number of aryl methyl sites for hydroxylation is 1. The molecule has 0 aliphatic heterocycles. The van der Waals surface area contributed by atoms with E-state index in [1.165, 1.54) is 6.07 Å². The van der Waals surface area contributed by atoms with Crippen molar-refractivity contribution >= 4 is 16.7 Å². The average molecular weight is 219 g/mol. The van der Waals surface area contributed by atoms with Crippen molar-refractivity contribution in [2.45, 2.75) is 26.8 Å². The van der Waals surface area contributed by atoms with Gasteiger partial charge < -0.3 is 4.57 Å². The third kappa shape index (κ3) is 1.44. The molecule has 1 heterocycles. The van der Waals surface area contributed by atoms with Gasteiger partial charge in [-0.05, 0) is 26.3 Å². The number of aromatic nitrogens is 2. The summed E-state index contributed by atoms with van der Waals surface area (Å²) in [6, 6.07) is 3.52. The van der Waals surface area contributed by atoms with Crippen LogP contribution in [0.25, 0.3) is 11.0 Å². The maximum Gasteiger partial charge on any atom is 0.297 e. The molecule has 0 aliphatic rings. The lowest BCUT2D eigenvalue weighted by Crippen LogP contribution is -2.00. The molecule has 84 valence electrons. The second-order valence-electron chi connectivity index (χ2n) is 4.10. The minimum absolute atomic E-state index is 0.0694. The van der Waals surface area contributed by atoms with Crippen LogP contribution in [0.3, 0.4) is 0 Å². The molecule has 0 atom stereocenters. The molecular weight excluding hydrogens is 206 g/mol. The fourth-order valence-corrected chi connectivity index (χ4v) is 1.84. The molecule has 0 saturated carbocycles. The van der Waals surface area contributed by atoms with Crippen molar-refractivity contribution in [1.29, 1.82) is 0 Å². The molecule has 1 aromatic heterocycles. The summed E-state index contributed by atoms with van der Waals surface area (Å²) in [5.41, 5.74) is 2.40. The molecule has 0 fully saturated rings. The van der Waals surface area contributed by atoms with Crippen LogP contribution in [0.2, 0.25) is 0 Å². The normalized spacial score (nSPS) is 11.2. The van der Waals surface area contributed by atoms with Crippen molar-refractivity contribution in [3.05, 3.63) is 34.1 Å². The first-order valence-electron chi connectivity index (χ1n) is 5.13. The fourth-order valence-electron chi connectivity index (χ4n) is 1.84. The van der Waals surface area contributed by atoms with Crippen LogP contribution in [-0.2, 0) is 0 Å². The summed E-state index contributed by atoms with van der Waals surface area (Å²) in [7, 11) is 0. The van der Waals surface area contributed by atoms with Crippen molar-refractivity contribution < 1.29 is 4.92 Å². The van der Waals surface area contributed by atoms with Gasteiger partial charge in [-0.3, -0.25) is 10.1 Å². The Morgan fingerprint density at radius 1 is 1.44 bits per heavy atom. The molecular formula is C11H13N3O2. The van der Waals surface area contributed by atoms with Gasteiger partial charge >= 0.3 is 0 Å². The Morgan fingerprint density at radius 2 is 2.12 bits per heavy atom.